The molecule has 5 nitrogen and oxygen atoms in total. The Labute approximate surface area is 172 Å². The van der Waals surface area contributed by atoms with E-state index in [0.717, 1.165) is 6.42 Å². The number of fused-ring (bicyclic) bond motifs is 1. The van der Waals surface area contributed by atoms with Gasteiger partial charge in [0, 0.05) is 28.1 Å². The molecule has 1 aliphatic carbocycles. The zero-order valence-corrected chi connectivity index (χ0v) is 16.9. The van der Waals surface area contributed by atoms with E-state index < -0.39 is 0 Å². The Morgan fingerprint density at radius 1 is 1.19 bits per heavy atom. The number of likely N-dealkylation sites (N-methyl/N-ethyl adjacent to an activating group) is 1. The molecular weight excluding hydrogens is 411 g/mol. The van der Waals surface area contributed by atoms with Crippen molar-refractivity contribution in [3.8, 4) is 11.5 Å². The lowest BCUT2D eigenvalue weighted by Gasteiger charge is -2.09. The first-order valence-electron chi connectivity index (χ1n) is 8.15. The summed E-state index contributed by atoms with van der Waals surface area (Å²) in [4.78, 5) is 18.8. The molecular formula is C19H17Cl3N2O3. The summed E-state index contributed by atoms with van der Waals surface area (Å²) in [6, 6.07) is 10.5. The molecule has 0 saturated heterocycles. The first-order chi connectivity index (χ1) is 12.4. The van der Waals surface area contributed by atoms with Gasteiger partial charge in [-0.15, -0.1) is 12.4 Å². The van der Waals surface area contributed by atoms with Gasteiger partial charge in [0.15, 0.2) is 5.58 Å². The van der Waals surface area contributed by atoms with Crippen molar-refractivity contribution in [2.24, 2.45) is 0 Å². The fourth-order valence-corrected chi connectivity index (χ4v) is 3.41. The lowest BCUT2D eigenvalue weighted by Crippen LogP contribution is -2.20. The molecule has 0 bridgehead atoms. The van der Waals surface area contributed by atoms with E-state index in [9.17, 15) is 4.79 Å². The van der Waals surface area contributed by atoms with Crippen LogP contribution in [0.5, 0.6) is 0 Å². The van der Waals surface area contributed by atoms with E-state index >= 15 is 0 Å². The van der Waals surface area contributed by atoms with Crippen molar-refractivity contribution in [1.29, 1.82) is 0 Å². The predicted octanol–water partition coefficient (Wildman–Crippen LogP) is 5.08. The molecule has 1 aliphatic rings. The fourth-order valence-electron chi connectivity index (χ4n) is 2.89. The van der Waals surface area contributed by atoms with Crippen LogP contribution in [0.3, 0.4) is 0 Å². The maximum absolute atomic E-state index is 12.3. The molecule has 1 aromatic heterocycles. The van der Waals surface area contributed by atoms with Crippen molar-refractivity contribution >= 4 is 52.7 Å². The van der Waals surface area contributed by atoms with Gasteiger partial charge >= 0.3 is 5.97 Å². The third-order valence-corrected chi connectivity index (χ3v) is 4.79. The molecule has 1 fully saturated rings. The van der Waals surface area contributed by atoms with Gasteiger partial charge in [-0.1, -0.05) is 23.2 Å². The highest BCUT2D eigenvalue weighted by Crippen LogP contribution is 2.32. The Kier molecular flexibility index (Phi) is 5.68. The number of benzene rings is 2. The van der Waals surface area contributed by atoms with E-state index in [1.165, 1.54) is 0 Å². The van der Waals surface area contributed by atoms with E-state index in [2.05, 4.69) is 9.88 Å². The van der Waals surface area contributed by atoms with E-state index in [4.69, 9.17) is 32.4 Å². The predicted molar refractivity (Wildman–Crippen MR) is 108 cm³/mol. The number of ether oxygens (including phenoxy) is 1. The first kappa shape index (κ1) is 20.0. The highest BCUT2D eigenvalue weighted by Gasteiger charge is 2.42. The van der Waals surface area contributed by atoms with Crippen LogP contribution < -0.4 is 0 Å². The topological polar surface area (TPSA) is 55.6 Å². The molecule has 1 heterocycles. The van der Waals surface area contributed by atoms with Crippen LogP contribution in [0.2, 0.25) is 10.0 Å². The normalized spacial score (nSPS) is 18.4. The molecule has 3 aromatic rings. The lowest BCUT2D eigenvalue weighted by atomic mass is 10.2. The Morgan fingerprint density at radius 3 is 2.52 bits per heavy atom. The van der Waals surface area contributed by atoms with Crippen LogP contribution in [0.15, 0.2) is 40.8 Å². The van der Waals surface area contributed by atoms with Crippen molar-refractivity contribution in [2.75, 3.05) is 14.1 Å². The van der Waals surface area contributed by atoms with Crippen LogP contribution in [0, 0.1) is 0 Å². The number of halogens is 3. The van der Waals surface area contributed by atoms with Crippen molar-refractivity contribution in [2.45, 2.75) is 18.6 Å². The number of carbonyl (C=O) groups excluding carboxylic acids is 1. The monoisotopic (exact) mass is 426 g/mol. The average molecular weight is 428 g/mol. The number of rotatable bonds is 4. The molecule has 8 heteroatoms. The number of hydrogen-bond acceptors (Lipinski definition) is 5. The standard InChI is InChI=1S/C19H16Cl2N2O3.ClH/c1-23(2)15-9-17(15)26-19(24)10-3-4-14-16(7-10)25-18(22-14)11-5-12(20)8-13(21)6-11;/h3-8,15,17H,9H2,1-2H3;1H. The Balaban J connectivity index is 0.00000210. The molecule has 0 aliphatic heterocycles. The van der Waals surface area contributed by atoms with Crippen molar-refractivity contribution < 1.29 is 13.9 Å². The van der Waals surface area contributed by atoms with Gasteiger partial charge in [0.1, 0.15) is 11.6 Å². The number of esters is 1. The molecule has 1 saturated carbocycles. The second-order valence-electron chi connectivity index (χ2n) is 6.57. The lowest BCUT2D eigenvalue weighted by molar-refractivity contribution is 0.0439. The zero-order valence-electron chi connectivity index (χ0n) is 14.6. The van der Waals surface area contributed by atoms with Crippen LogP contribution in [0.25, 0.3) is 22.6 Å². The summed E-state index contributed by atoms with van der Waals surface area (Å²) < 4.78 is 11.3. The van der Waals surface area contributed by atoms with Gasteiger partial charge in [-0.3, -0.25) is 0 Å². The maximum Gasteiger partial charge on any atom is 0.338 e. The molecule has 2 unspecified atom stereocenters. The van der Waals surface area contributed by atoms with Crippen LogP contribution >= 0.6 is 35.6 Å². The number of nitrogens with zero attached hydrogens (tertiary/aromatic N) is 2. The van der Waals surface area contributed by atoms with Crippen molar-refractivity contribution in [1.82, 2.24) is 9.88 Å². The quantitative estimate of drug-likeness (QED) is 0.543. The third-order valence-electron chi connectivity index (χ3n) is 4.36. The second-order valence-corrected chi connectivity index (χ2v) is 7.44. The first-order valence-corrected chi connectivity index (χ1v) is 8.91. The molecule has 2 aromatic carbocycles. The Hall–Kier alpha value is -1.79. The Bertz CT molecular complexity index is 983. The number of hydrogen-bond donors (Lipinski definition) is 0. The van der Waals surface area contributed by atoms with Crippen LogP contribution in [-0.4, -0.2) is 42.1 Å². The maximum atomic E-state index is 12.3. The van der Waals surface area contributed by atoms with Crippen molar-refractivity contribution in [3.63, 3.8) is 0 Å². The van der Waals surface area contributed by atoms with Crippen LogP contribution in [-0.2, 0) is 4.74 Å². The minimum Gasteiger partial charge on any atom is -0.457 e. The Morgan fingerprint density at radius 2 is 1.89 bits per heavy atom. The SMILES string of the molecule is CN(C)C1CC1OC(=O)c1ccc2nc(-c3cc(Cl)cc(Cl)c3)oc2c1.Cl. The summed E-state index contributed by atoms with van der Waals surface area (Å²) in [6.07, 6.45) is 0.815. The van der Waals surface area contributed by atoms with E-state index in [1.54, 1.807) is 36.4 Å². The smallest absolute Gasteiger partial charge is 0.338 e. The molecule has 0 amide bonds. The molecule has 142 valence electrons. The number of aromatic nitrogens is 1. The summed E-state index contributed by atoms with van der Waals surface area (Å²) in [7, 11) is 3.95. The van der Waals surface area contributed by atoms with E-state index in [-0.39, 0.29) is 24.5 Å². The summed E-state index contributed by atoms with van der Waals surface area (Å²) in [6.45, 7) is 0. The molecule has 0 N–H and O–H groups in total. The van der Waals surface area contributed by atoms with E-state index in [1.807, 2.05) is 14.1 Å². The van der Waals surface area contributed by atoms with Gasteiger partial charge in [-0.25, -0.2) is 9.78 Å². The number of carbonyl (C=O) groups is 1. The molecule has 2 atom stereocenters. The molecule has 4 rings (SSSR count). The minimum atomic E-state index is -0.356. The highest BCUT2D eigenvalue weighted by atomic mass is 35.5. The minimum absolute atomic E-state index is 0. The van der Waals surface area contributed by atoms with Crippen molar-refractivity contribution in [3.05, 3.63) is 52.0 Å². The van der Waals surface area contributed by atoms with Gasteiger partial charge < -0.3 is 14.1 Å². The summed E-state index contributed by atoms with van der Waals surface area (Å²) in [5, 5.41) is 0.998. The summed E-state index contributed by atoms with van der Waals surface area (Å²) in [5.74, 6) is 0.0368. The molecule has 0 spiro atoms. The van der Waals surface area contributed by atoms with E-state index in [0.29, 0.717) is 44.2 Å². The van der Waals surface area contributed by atoms with Gasteiger partial charge in [0.25, 0.3) is 0 Å². The number of oxazole rings is 1. The average Bonchev–Trinajstić information content (AvgIpc) is 3.21. The molecule has 0 radical (unpaired) electrons. The summed E-state index contributed by atoms with van der Waals surface area (Å²) in [5.41, 5.74) is 2.26. The third kappa shape index (κ3) is 4.22. The van der Waals surface area contributed by atoms with Gasteiger partial charge in [0.2, 0.25) is 5.89 Å². The molecule has 27 heavy (non-hydrogen) atoms. The van der Waals surface area contributed by atoms with Gasteiger partial charge in [-0.2, -0.15) is 0 Å². The summed E-state index contributed by atoms with van der Waals surface area (Å²) >= 11 is 12.1. The van der Waals surface area contributed by atoms with Gasteiger partial charge in [0.05, 0.1) is 5.56 Å². The largest absolute Gasteiger partial charge is 0.457 e. The second kappa shape index (κ2) is 7.68. The fraction of sp³-hybridized carbons (Fsp3) is 0.263. The zero-order chi connectivity index (χ0) is 18.4. The highest BCUT2D eigenvalue weighted by molar-refractivity contribution is 6.35. The van der Waals surface area contributed by atoms with Crippen LogP contribution in [0.1, 0.15) is 16.8 Å². The van der Waals surface area contributed by atoms with Crippen LogP contribution in [0.4, 0.5) is 0 Å². The van der Waals surface area contributed by atoms with Gasteiger partial charge in [-0.05, 0) is 50.5 Å².